The number of hydrogen-bond acceptors (Lipinski definition) is 4. The van der Waals surface area contributed by atoms with Crippen LogP contribution in [0.2, 0.25) is 10.0 Å². The Balaban J connectivity index is 1.21. The van der Waals surface area contributed by atoms with Gasteiger partial charge in [0.15, 0.2) is 0 Å². The van der Waals surface area contributed by atoms with E-state index < -0.39 is 11.1 Å². The Kier molecular flexibility index (Phi) is 6.74. The Morgan fingerprint density at radius 3 is 1.97 bits per heavy atom. The summed E-state index contributed by atoms with van der Waals surface area (Å²) >= 11 is 13.0. The van der Waals surface area contributed by atoms with E-state index in [9.17, 15) is 9.59 Å². The zero-order chi connectivity index (χ0) is 26.5. The molecule has 38 heavy (non-hydrogen) atoms. The maximum absolute atomic E-state index is 14.0. The number of nitrogens with one attached hydrogen (secondary N) is 1. The van der Waals surface area contributed by atoms with E-state index in [2.05, 4.69) is 5.32 Å². The van der Waals surface area contributed by atoms with Gasteiger partial charge in [0, 0.05) is 6.54 Å². The van der Waals surface area contributed by atoms with Crippen molar-refractivity contribution in [1.82, 2.24) is 5.32 Å². The number of amides is 2. The van der Waals surface area contributed by atoms with E-state index in [1.807, 2.05) is 58.3 Å². The lowest BCUT2D eigenvalue weighted by molar-refractivity contribution is -0.128. The molecule has 0 radical (unpaired) electrons. The van der Waals surface area contributed by atoms with E-state index in [-0.39, 0.29) is 23.4 Å². The van der Waals surface area contributed by atoms with Crippen LogP contribution in [-0.2, 0) is 9.59 Å². The third-order valence-corrected chi connectivity index (χ3v) is 10.3. The van der Waals surface area contributed by atoms with Crippen molar-refractivity contribution in [2.75, 3.05) is 16.3 Å². The van der Waals surface area contributed by atoms with E-state index in [0.717, 1.165) is 49.9 Å². The number of nitrogens with zero attached hydrogens (tertiary/aromatic N) is 2. The quantitative estimate of drug-likeness (QED) is 0.438. The third-order valence-electron chi connectivity index (χ3n) is 9.70. The van der Waals surface area contributed by atoms with Gasteiger partial charge in [-0.05, 0) is 75.6 Å². The zero-order valence-electron chi connectivity index (χ0n) is 21.7. The molecule has 2 heterocycles. The highest BCUT2D eigenvalue weighted by atomic mass is 35.5. The summed E-state index contributed by atoms with van der Waals surface area (Å²) in [6, 6.07) is 15.1. The van der Waals surface area contributed by atoms with Crippen molar-refractivity contribution in [3.05, 3.63) is 58.6 Å². The molecular formula is C30H36Cl2N4O2. The van der Waals surface area contributed by atoms with Crippen LogP contribution in [0.15, 0.2) is 48.5 Å². The molecule has 4 fully saturated rings. The highest BCUT2D eigenvalue weighted by Crippen LogP contribution is 2.51. The van der Waals surface area contributed by atoms with Crippen molar-refractivity contribution in [3.8, 4) is 0 Å². The average molecular weight is 556 g/mol. The van der Waals surface area contributed by atoms with E-state index in [4.69, 9.17) is 28.9 Å². The first-order valence-corrected chi connectivity index (χ1v) is 14.7. The van der Waals surface area contributed by atoms with Gasteiger partial charge in [0.1, 0.15) is 0 Å². The molecule has 2 aliphatic carbocycles. The van der Waals surface area contributed by atoms with Crippen LogP contribution in [0.25, 0.3) is 0 Å². The average Bonchev–Trinajstić information content (AvgIpc) is 3.36. The molecule has 0 aromatic heterocycles. The van der Waals surface area contributed by atoms with E-state index >= 15 is 0 Å². The van der Waals surface area contributed by atoms with Crippen molar-refractivity contribution in [1.29, 1.82) is 0 Å². The van der Waals surface area contributed by atoms with Crippen molar-refractivity contribution >= 4 is 46.4 Å². The summed E-state index contributed by atoms with van der Waals surface area (Å²) < 4.78 is 0. The minimum atomic E-state index is -0.659. The number of nitrogens with two attached hydrogens (primary N) is 1. The van der Waals surface area contributed by atoms with Crippen LogP contribution in [0.1, 0.15) is 70.6 Å². The molecule has 0 bridgehead atoms. The molecule has 0 unspecified atom stereocenters. The second-order valence-corrected chi connectivity index (χ2v) is 12.7. The number of para-hydroxylation sites is 2. The fourth-order valence-corrected chi connectivity index (χ4v) is 7.93. The first-order chi connectivity index (χ1) is 18.3. The maximum atomic E-state index is 14.0. The van der Waals surface area contributed by atoms with Gasteiger partial charge in [0.05, 0.1) is 44.1 Å². The lowest BCUT2D eigenvalue weighted by atomic mass is 9.69. The molecule has 6 nitrogen and oxygen atoms in total. The molecule has 2 aromatic carbocycles. The molecule has 6 rings (SSSR count). The molecule has 1 atom stereocenters. The van der Waals surface area contributed by atoms with Gasteiger partial charge < -0.3 is 10.6 Å². The summed E-state index contributed by atoms with van der Waals surface area (Å²) in [6.07, 6.45) is 9.26. The van der Waals surface area contributed by atoms with Gasteiger partial charge in [-0.25, -0.2) is 0 Å². The van der Waals surface area contributed by atoms with E-state index in [0.29, 0.717) is 42.3 Å². The number of carbonyl (C=O) groups excluding carboxylic acids is 2. The van der Waals surface area contributed by atoms with Crippen LogP contribution < -0.4 is 20.9 Å². The lowest BCUT2D eigenvalue weighted by Gasteiger charge is -2.44. The maximum Gasteiger partial charge on any atom is 0.234 e. The largest absolute Gasteiger partial charge is 0.313 e. The highest BCUT2D eigenvalue weighted by molar-refractivity contribution is 6.34. The molecule has 2 spiro atoms. The molecule has 4 aliphatic rings. The first kappa shape index (κ1) is 26.1. The van der Waals surface area contributed by atoms with Gasteiger partial charge in [-0.2, -0.15) is 0 Å². The van der Waals surface area contributed by atoms with Crippen LogP contribution in [-0.4, -0.2) is 30.2 Å². The van der Waals surface area contributed by atoms with Crippen molar-refractivity contribution in [3.63, 3.8) is 0 Å². The van der Waals surface area contributed by atoms with Crippen LogP contribution in [0.3, 0.4) is 0 Å². The van der Waals surface area contributed by atoms with E-state index in [1.54, 1.807) is 0 Å². The van der Waals surface area contributed by atoms with Crippen LogP contribution in [0, 0.1) is 10.8 Å². The Hall–Kier alpha value is -2.12. The molecule has 2 amide bonds. The smallest absolute Gasteiger partial charge is 0.234 e. The Morgan fingerprint density at radius 2 is 1.34 bits per heavy atom. The summed E-state index contributed by atoms with van der Waals surface area (Å²) in [4.78, 5) is 31.3. The zero-order valence-corrected chi connectivity index (χ0v) is 23.2. The standard InChI is InChI=1S/C30H36Cl2N4O2/c31-21-8-2-4-10-23(21)35-19-18-28(26(35)37)14-16-30(33,17-15-28)34-25-20-29(12-6-1-7-13-29)27(38)36(25)24-11-5-3-9-22(24)32/h2-5,8-11,25,34H,1,6-7,12-20,33H2/t25-,28?,30?/m0/s1. The van der Waals surface area contributed by atoms with Gasteiger partial charge in [-0.3, -0.25) is 19.8 Å². The predicted octanol–water partition coefficient (Wildman–Crippen LogP) is 6.25. The summed E-state index contributed by atoms with van der Waals surface area (Å²) in [6.45, 7) is 0.674. The van der Waals surface area contributed by atoms with Crippen molar-refractivity contribution in [2.24, 2.45) is 16.6 Å². The number of hydrogen-bond donors (Lipinski definition) is 2. The van der Waals surface area contributed by atoms with Gasteiger partial charge >= 0.3 is 0 Å². The Labute approximate surface area is 234 Å². The van der Waals surface area contributed by atoms with Crippen LogP contribution in [0.5, 0.6) is 0 Å². The molecule has 8 heteroatoms. The number of rotatable bonds is 4. The minimum Gasteiger partial charge on any atom is -0.313 e. The van der Waals surface area contributed by atoms with Crippen molar-refractivity contribution in [2.45, 2.75) is 82.5 Å². The summed E-state index contributed by atoms with van der Waals surface area (Å²) in [5.74, 6) is 0.322. The lowest BCUT2D eigenvalue weighted by Crippen LogP contribution is -2.63. The fraction of sp³-hybridized carbons (Fsp3) is 0.533. The minimum absolute atomic E-state index is 0.155. The molecule has 2 saturated heterocycles. The molecule has 2 aliphatic heterocycles. The predicted molar refractivity (Wildman–Crippen MR) is 152 cm³/mol. The normalized spacial score (nSPS) is 31.1. The number of benzene rings is 2. The number of halogens is 2. The summed E-state index contributed by atoms with van der Waals surface area (Å²) in [5.41, 5.74) is 7.15. The van der Waals surface area contributed by atoms with E-state index in [1.165, 1.54) is 6.42 Å². The Morgan fingerprint density at radius 1 is 0.737 bits per heavy atom. The van der Waals surface area contributed by atoms with Gasteiger partial charge in [0.2, 0.25) is 11.8 Å². The SMILES string of the molecule is NC1(N[C@@H]2CC3(CCCCC3)C(=O)N2c2ccccc2Cl)CCC2(CCN(c3ccccc3Cl)C2=O)CC1. The third kappa shape index (κ3) is 4.34. The fourth-order valence-electron chi connectivity index (χ4n) is 7.47. The highest BCUT2D eigenvalue weighted by Gasteiger charge is 2.56. The molecule has 202 valence electrons. The molecule has 3 N–H and O–H groups in total. The summed E-state index contributed by atoms with van der Waals surface area (Å²) in [5, 5.41) is 4.90. The topological polar surface area (TPSA) is 78.7 Å². The summed E-state index contributed by atoms with van der Waals surface area (Å²) in [7, 11) is 0. The van der Waals surface area contributed by atoms with Crippen LogP contribution in [0.4, 0.5) is 11.4 Å². The van der Waals surface area contributed by atoms with Crippen LogP contribution >= 0.6 is 23.2 Å². The van der Waals surface area contributed by atoms with Gasteiger partial charge in [0.25, 0.3) is 0 Å². The van der Waals surface area contributed by atoms with Gasteiger partial charge in [-0.1, -0.05) is 66.7 Å². The molecule has 2 aromatic rings. The second-order valence-electron chi connectivity index (χ2n) is 11.9. The number of anilines is 2. The first-order valence-electron chi connectivity index (χ1n) is 14.0. The van der Waals surface area contributed by atoms with Gasteiger partial charge in [-0.15, -0.1) is 0 Å². The molecule has 2 saturated carbocycles. The molecular weight excluding hydrogens is 519 g/mol. The monoisotopic (exact) mass is 554 g/mol. The van der Waals surface area contributed by atoms with Crippen molar-refractivity contribution < 1.29 is 9.59 Å². The Bertz CT molecular complexity index is 1240. The number of carbonyl (C=O) groups is 2. The second kappa shape index (κ2) is 9.81.